The van der Waals surface area contributed by atoms with Crippen molar-refractivity contribution in [1.29, 1.82) is 0 Å². The lowest BCUT2D eigenvalue weighted by molar-refractivity contribution is 0.0786. The van der Waals surface area contributed by atoms with E-state index in [1.165, 1.54) is 4.90 Å². The molecule has 1 heterocycles. The second-order valence-electron chi connectivity index (χ2n) is 5.68. The predicted octanol–water partition coefficient (Wildman–Crippen LogP) is 4.47. The zero-order valence-corrected chi connectivity index (χ0v) is 14.4. The number of para-hydroxylation sites is 1. The highest BCUT2D eigenvalue weighted by molar-refractivity contribution is 7.98. The van der Waals surface area contributed by atoms with Crippen molar-refractivity contribution in [2.45, 2.75) is 18.4 Å². The molecule has 1 amide bonds. The topological polar surface area (TPSA) is 36.1 Å². The van der Waals surface area contributed by atoms with E-state index in [0.717, 1.165) is 27.7 Å². The summed E-state index contributed by atoms with van der Waals surface area (Å²) >= 11 is 1.72. The number of carbonyl (C=O) groups is 1. The van der Waals surface area contributed by atoms with Crippen LogP contribution in [0.3, 0.4) is 0 Å². The highest BCUT2D eigenvalue weighted by Crippen LogP contribution is 2.24. The van der Waals surface area contributed by atoms with Crippen molar-refractivity contribution >= 4 is 28.6 Å². The molecule has 3 aromatic rings. The Morgan fingerprint density at radius 1 is 1.13 bits per heavy atom. The monoisotopic (exact) mass is 324 g/mol. The van der Waals surface area contributed by atoms with Crippen LogP contribution in [0.15, 0.2) is 53.4 Å². The van der Waals surface area contributed by atoms with Crippen molar-refractivity contribution < 1.29 is 4.79 Å². The van der Waals surface area contributed by atoms with Gasteiger partial charge in [-0.05, 0) is 36.9 Å². The molecule has 3 rings (SSSR count). The largest absolute Gasteiger partial charge is 0.358 e. The molecule has 0 aliphatic heterocycles. The highest BCUT2D eigenvalue weighted by Gasteiger charge is 2.19. The molecule has 0 spiro atoms. The zero-order valence-electron chi connectivity index (χ0n) is 13.6. The molecule has 0 unspecified atom stereocenters. The first kappa shape index (κ1) is 15.7. The Hall–Kier alpha value is -2.20. The molecule has 0 atom stereocenters. The third-order valence-electron chi connectivity index (χ3n) is 4.03. The van der Waals surface area contributed by atoms with E-state index in [9.17, 15) is 4.79 Å². The maximum absolute atomic E-state index is 12.9. The second-order valence-corrected chi connectivity index (χ2v) is 6.56. The third-order valence-corrected chi connectivity index (χ3v) is 4.78. The summed E-state index contributed by atoms with van der Waals surface area (Å²) in [6.07, 6.45) is 2.06. The number of nitrogens with one attached hydrogen (secondary N) is 1. The van der Waals surface area contributed by atoms with Gasteiger partial charge in [0.05, 0.1) is 5.56 Å². The van der Waals surface area contributed by atoms with Gasteiger partial charge in [-0.25, -0.2) is 0 Å². The molecular weight excluding hydrogens is 304 g/mol. The first-order valence-corrected chi connectivity index (χ1v) is 8.78. The predicted molar refractivity (Wildman–Crippen MR) is 97.1 cm³/mol. The van der Waals surface area contributed by atoms with Gasteiger partial charge in [0, 0.05) is 35.1 Å². The lowest BCUT2D eigenvalue weighted by Gasteiger charge is -2.18. The number of fused-ring (bicyclic) bond motifs is 1. The average Bonchev–Trinajstić information content (AvgIpc) is 2.90. The molecule has 0 saturated heterocycles. The number of carbonyl (C=O) groups excluding carboxylic acids is 1. The fourth-order valence-electron chi connectivity index (χ4n) is 2.82. The minimum absolute atomic E-state index is 0.0499. The molecule has 23 heavy (non-hydrogen) atoms. The molecule has 118 valence electrons. The molecule has 3 nitrogen and oxygen atoms in total. The van der Waals surface area contributed by atoms with E-state index in [1.54, 1.807) is 16.7 Å². The summed E-state index contributed by atoms with van der Waals surface area (Å²) in [5.41, 5.74) is 3.83. The van der Waals surface area contributed by atoms with Crippen LogP contribution in [-0.4, -0.2) is 29.1 Å². The molecule has 0 fully saturated rings. The number of aromatic amines is 1. The number of rotatable bonds is 4. The van der Waals surface area contributed by atoms with Crippen LogP contribution in [0.25, 0.3) is 10.9 Å². The minimum atomic E-state index is 0.0499. The average molecular weight is 324 g/mol. The van der Waals surface area contributed by atoms with Crippen molar-refractivity contribution in [3.05, 3.63) is 65.4 Å². The molecule has 0 radical (unpaired) electrons. The minimum Gasteiger partial charge on any atom is -0.358 e. The van der Waals surface area contributed by atoms with Crippen LogP contribution >= 0.6 is 11.8 Å². The zero-order chi connectivity index (χ0) is 16.4. The molecule has 0 aliphatic rings. The molecule has 2 aromatic carbocycles. The number of aryl methyl sites for hydroxylation is 1. The Bertz CT molecular complexity index is 836. The van der Waals surface area contributed by atoms with Crippen LogP contribution in [0.2, 0.25) is 0 Å². The van der Waals surface area contributed by atoms with E-state index in [1.807, 2.05) is 38.2 Å². The smallest absolute Gasteiger partial charge is 0.256 e. The van der Waals surface area contributed by atoms with Crippen molar-refractivity contribution in [2.24, 2.45) is 0 Å². The van der Waals surface area contributed by atoms with Crippen molar-refractivity contribution in [3.8, 4) is 0 Å². The van der Waals surface area contributed by atoms with E-state index in [0.29, 0.717) is 6.54 Å². The van der Waals surface area contributed by atoms with Crippen LogP contribution in [0.5, 0.6) is 0 Å². The summed E-state index contributed by atoms with van der Waals surface area (Å²) in [4.78, 5) is 19.2. The lowest BCUT2D eigenvalue weighted by atomic mass is 10.1. The van der Waals surface area contributed by atoms with Crippen molar-refractivity contribution in [2.75, 3.05) is 13.3 Å². The summed E-state index contributed by atoms with van der Waals surface area (Å²) in [5.74, 6) is 0.0499. The van der Waals surface area contributed by atoms with Crippen molar-refractivity contribution in [1.82, 2.24) is 9.88 Å². The lowest BCUT2D eigenvalue weighted by Crippen LogP contribution is -2.26. The summed E-state index contributed by atoms with van der Waals surface area (Å²) in [7, 11) is 1.85. The van der Waals surface area contributed by atoms with Gasteiger partial charge in [0.1, 0.15) is 0 Å². The van der Waals surface area contributed by atoms with Crippen LogP contribution in [0.4, 0.5) is 0 Å². The van der Waals surface area contributed by atoms with E-state index < -0.39 is 0 Å². The summed E-state index contributed by atoms with van der Waals surface area (Å²) < 4.78 is 0. The number of aromatic nitrogens is 1. The summed E-state index contributed by atoms with van der Waals surface area (Å²) in [6, 6.07) is 16.3. The van der Waals surface area contributed by atoms with Gasteiger partial charge in [-0.15, -0.1) is 11.8 Å². The Kier molecular flexibility index (Phi) is 4.44. The normalized spacial score (nSPS) is 10.9. The maximum atomic E-state index is 12.9. The number of hydrogen-bond acceptors (Lipinski definition) is 2. The molecular formula is C19H20N2OS. The van der Waals surface area contributed by atoms with Gasteiger partial charge in [-0.1, -0.05) is 30.3 Å². The van der Waals surface area contributed by atoms with Gasteiger partial charge in [-0.2, -0.15) is 0 Å². The standard InChI is InChI=1S/C19H20N2OS/c1-13-18(16-6-4-5-7-17(16)20-13)19(22)21(2)12-14-8-10-15(23-3)11-9-14/h4-11,20H,12H2,1-3H3. The molecule has 0 bridgehead atoms. The number of hydrogen-bond donors (Lipinski definition) is 1. The Morgan fingerprint density at radius 3 is 2.52 bits per heavy atom. The fraction of sp³-hybridized carbons (Fsp3) is 0.211. The molecule has 1 N–H and O–H groups in total. The van der Waals surface area contributed by atoms with Gasteiger partial charge in [0.15, 0.2) is 0 Å². The number of nitrogens with zero attached hydrogens (tertiary/aromatic N) is 1. The Balaban J connectivity index is 1.84. The molecule has 0 aliphatic carbocycles. The van der Waals surface area contributed by atoms with E-state index in [4.69, 9.17) is 0 Å². The van der Waals surface area contributed by atoms with Gasteiger partial charge >= 0.3 is 0 Å². The van der Waals surface area contributed by atoms with Gasteiger partial charge in [-0.3, -0.25) is 4.79 Å². The van der Waals surface area contributed by atoms with E-state index >= 15 is 0 Å². The number of H-pyrrole nitrogens is 1. The second kappa shape index (κ2) is 6.50. The van der Waals surface area contributed by atoms with Gasteiger partial charge < -0.3 is 9.88 Å². The number of benzene rings is 2. The SMILES string of the molecule is CSc1ccc(CN(C)C(=O)c2c(C)[nH]c3ccccc23)cc1. The quantitative estimate of drug-likeness (QED) is 0.719. The highest BCUT2D eigenvalue weighted by atomic mass is 32.2. The van der Waals surface area contributed by atoms with E-state index in [-0.39, 0.29) is 5.91 Å². The molecule has 4 heteroatoms. The van der Waals surface area contributed by atoms with E-state index in [2.05, 4.69) is 35.5 Å². The van der Waals surface area contributed by atoms with Crippen LogP contribution in [-0.2, 0) is 6.54 Å². The Morgan fingerprint density at radius 2 is 1.83 bits per heavy atom. The third kappa shape index (κ3) is 3.13. The van der Waals surface area contributed by atoms with Crippen LogP contribution in [0, 0.1) is 6.92 Å². The van der Waals surface area contributed by atoms with Crippen LogP contribution in [0.1, 0.15) is 21.6 Å². The molecule has 1 aromatic heterocycles. The van der Waals surface area contributed by atoms with Crippen LogP contribution < -0.4 is 0 Å². The Labute approximate surface area is 140 Å². The summed E-state index contributed by atoms with van der Waals surface area (Å²) in [5, 5.41) is 0.986. The maximum Gasteiger partial charge on any atom is 0.256 e. The molecule has 0 saturated carbocycles. The summed E-state index contributed by atoms with van der Waals surface area (Å²) in [6.45, 7) is 2.56. The fourth-order valence-corrected chi connectivity index (χ4v) is 3.23. The van der Waals surface area contributed by atoms with Gasteiger partial charge in [0.2, 0.25) is 0 Å². The first-order chi connectivity index (χ1) is 11.1. The first-order valence-electron chi connectivity index (χ1n) is 7.56. The number of amides is 1. The van der Waals surface area contributed by atoms with Crippen molar-refractivity contribution in [3.63, 3.8) is 0 Å². The van der Waals surface area contributed by atoms with Gasteiger partial charge in [0.25, 0.3) is 5.91 Å². The number of thioether (sulfide) groups is 1.